The summed E-state index contributed by atoms with van der Waals surface area (Å²) in [6.07, 6.45) is 5.97. The lowest BCUT2D eigenvalue weighted by Gasteiger charge is -2.47. The van der Waals surface area contributed by atoms with E-state index in [1.165, 1.54) is 12.8 Å². The first kappa shape index (κ1) is 17.5. The molecule has 1 amide bonds. The molecule has 0 aromatic heterocycles. The molecular weight excluding hydrogens is 246 g/mol. The minimum absolute atomic E-state index is 0.0504. The molecule has 0 radical (unpaired) electrons. The number of amides is 1. The van der Waals surface area contributed by atoms with E-state index in [2.05, 4.69) is 46.4 Å². The van der Waals surface area contributed by atoms with Crippen LogP contribution in [0.5, 0.6) is 0 Å². The lowest BCUT2D eigenvalue weighted by Crippen LogP contribution is -2.53. The van der Waals surface area contributed by atoms with E-state index in [1.54, 1.807) is 6.92 Å². The van der Waals surface area contributed by atoms with E-state index in [-0.39, 0.29) is 16.9 Å². The number of unbranched alkanes of at least 4 members (excludes halogenated alkanes) is 1. The zero-order chi connectivity index (χ0) is 15.6. The van der Waals surface area contributed by atoms with Crippen molar-refractivity contribution < 1.29 is 4.79 Å². The Morgan fingerprint density at radius 1 is 1.25 bits per heavy atom. The summed E-state index contributed by atoms with van der Waals surface area (Å²) >= 11 is 0. The Morgan fingerprint density at radius 2 is 1.80 bits per heavy atom. The Morgan fingerprint density at radius 3 is 2.15 bits per heavy atom. The molecule has 1 fully saturated rings. The summed E-state index contributed by atoms with van der Waals surface area (Å²) < 4.78 is 0. The van der Waals surface area contributed by atoms with Gasteiger partial charge in [-0.05, 0) is 49.9 Å². The zero-order valence-corrected chi connectivity index (χ0v) is 14.8. The maximum atomic E-state index is 12.2. The second-order valence-corrected chi connectivity index (χ2v) is 7.98. The second kappa shape index (κ2) is 6.49. The predicted octanol–water partition coefficient (Wildman–Crippen LogP) is 4.88. The number of rotatable bonds is 8. The van der Waals surface area contributed by atoms with Gasteiger partial charge in [0.15, 0.2) is 0 Å². The summed E-state index contributed by atoms with van der Waals surface area (Å²) in [4.78, 5) is 14.4. The van der Waals surface area contributed by atoms with E-state index < -0.39 is 0 Å². The van der Waals surface area contributed by atoms with E-state index in [9.17, 15) is 4.79 Å². The van der Waals surface area contributed by atoms with Crippen molar-refractivity contribution in [3.63, 3.8) is 0 Å². The molecule has 0 aliphatic heterocycles. The van der Waals surface area contributed by atoms with Gasteiger partial charge < -0.3 is 4.90 Å². The summed E-state index contributed by atoms with van der Waals surface area (Å²) in [5.41, 5.74) is 0.325. The van der Waals surface area contributed by atoms with Crippen LogP contribution >= 0.6 is 0 Å². The van der Waals surface area contributed by atoms with Gasteiger partial charge in [0.1, 0.15) is 0 Å². The molecular formula is C18H35NO. The lowest BCUT2D eigenvalue weighted by atomic mass is 9.70. The normalized spacial score (nSPS) is 19.0. The molecule has 0 saturated heterocycles. The number of carbonyl (C=O) groups excluding carboxylic acids is 1. The van der Waals surface area contributed by atoms with Gasteiger partial charge in [-0.25, -0.2) is 0 Å². The third-order valence-electron chi connectivity index (χ3n) is 5.57. The fourth-order valence-corrected chi connectivity index (χ4v) is 3.38. The molecule has 1 aliphatic rings. The summed E-state index contributed by atoms with van der Waals surface area (Å²) in [7, 11) is 0. The van der Waals surface area contributed by atoms with Gasteiger partial charge in [-0.15, -0.1) is 0 Å². The molecule has 1 saturated carbocycles. The Balaban J connectivity index is 2.96. The SMILES string of the molecule is CCCCN(C(C)=O)C(C)(CC(C)(C)C(C)C)C1CC1. The number of carbonyl (C=O) groups is 1. The first-order valence-electron chi connectivity index (χ1n) is 8.43. The summed E-state index contributed by atoms with van der Waals surface area (Å²) in [6, 6.07) is 0. The van der Waals surface area contributed by atoms with E-state index in [4.69, 9.17) is 0 Å². The standard InChI is InChI=1S/C18H35NO/c1-8-9-12-19(15(4)20)18(7,16-10-11-16)13-17(5,6)14(2)3/h14,16H,8-13H2,1-7H3. The molecule has 0 spiro atoms. The van der Waals surface area contributed by atoms with Gasteiger partial charge in [0, 0.05) is 19.0 Å². The van der Waals surface area contributed by atoms with E-state index in [1.807, 2.05) is 0 Å². The smallest absolute Gasteiger partial charge is 0.219 e. The van der Waals surface area contributed by atoms with Crippen LogP contribution in [0.2, 0.25) is 0 Å². The molecule has 1 unspecified atom stereocenters. The van der Waals surface area contributed by atoms with Gasteiger partial charge in [-0.3, -0.25) is 4.79 Å². The molecule has 1 atom stereocenters. The molecule has 0 aromatic carbocycles. The van der Waals surface area contributed by atoms with E-state index >= 15 is 0 Å². The van der Waals surface area contributed by atoms with Crippen LogP contribution in [-0.4, -0.2) is 22.9 Å². The van der Waals surface area contributed by atoms with Gasteiger partial charge in [0.05, 0.1) is 0 Å². The molecule has 0 N–H and O–H groups in total. The largest absolute Gasteiger partial charge is 0.337 e. The summed E-state index contributed by atoms with van der Waals surface area (Å²) in [5, 5.41) is 0. The highest BCUT2D eigenvalue weighted by atomic mass is 16.2. The molecule has 0 bridgehead atoms. The van der Waals surface area contributed by atoms with Gasteiger partial charge in [-0.2, -0.15) is 0 Å². The van der Waals surface area contributed by atoms with Crippen LogP contribution in [0.1, 0.15) is 80.6 Å². The predicted molar refractivity (Wildman–Crippen MR) is 86.7 cm³/mol. The van der Waals surface area contributed by atoms with Crippen LogP contribution in [0.15, 0.2) is 0 Å². The fraction of sp³-hybridized carbons (Fsp3) is 0.944. The van der Waals surface area contributed by atoms with Gasteiger partial charge in [-0.1, -0.05) is 41.0 Å². The average Bonchev–Trinajstić information content (AvgIpc) is 3.11. The third kappa shape index (κ3) is 3.99. The second-order valence-electron chi connectivity index (χ2n) is 7.98. The van der Waals surface area contributed by atoms with Crippen LogP contribution in [-0.2, 0) is 4.79 Å². The van der Waals surface area contributed by atoms with Crippen LogP contribution in [0.25, 0.3) is 0 Å². The molecule has 20 heavy (non-hydrogen) atoms. The summed E-state index contributed by atoms with van der Waals surface area (Å²) in [6.45, 7) is 16.5. The molecule has 118 valence electrons. The highest BCUT2D eigenvalue weighted by Crippen LogP contribution is 2.50. The van der Waals surface area contributed by atoms with Crippen molar-refractivity contribution in [2.75, 3.05) is 6.54 Å². The topological polar surface area (TPSA) is 20.3 Å². The van der Waals surface area contributed by atoms with Crippen LogP contribution in [0.4, 0.5) is 0 Å². The van der Waals surface area contributed by atoms with Crippen molar-refractivity contribution in [2.24, 2.45) is 17.3 Å². The Kier molecular flexibility index (Phi) is 5.69. The first-order chi connectivity index (χ1) is 9.15. The quantitative estimate of drug-likeness (QED) is 0.621. The molecule has 2 nitrogen and oxygen atoms in total. The van der Waals surface area contributed by atoms with E-state index in [0.29, 0.717) is 11.8 Å². The van der Waals surface area contributed by atoms with Crippen molar-refractivity contribution in [3.05, 3.63) is 0 Å². The minimum Gasteiger partial charge on any atom is -0.337 e. The molecule has 1 rings (SSSR count). The molecule has 0 aromatic rings. The van der Waals surface area contributed by atoms with Crippen molar-refractivity contribution in [3.8, 4) is 0 Å². The van der Waals surface area contributed by atoms with Crippen LogP contribution in [0.3, 0.4) is 0 Å². The molecule has 0 heterocycles. The third-order valence-corrected chi connectivity index (χ3v) is 5.57. The Hall–Kier alpha value is -0.530. The minimum atomic E-state index is 0.0504. The van der Waals surface area contributed by atoms with E-state index in [0.717, 1.165) is 25.8 Å². The zero-order valence-electron chi connectivity index (χ0n) is 14.8. The maximum absolute atomic E-state index is 12.2. The number of nitrogens with zero attached hydrogens (tertiary/aromatic N) is 1. The molecule has 2 heteroatoms. The summed E-state index contributed by atoms with van der Waals surface area (Å²) in [5.74, 6) is 1.61. The van der Waals surface area contributed by atoms with Gasteiger partial charge >= 0.3 is 0 Å². The average molecular weight is 281 g/mol. The van der Waals surface area contributed by atoms with Crippen LogP contribution in [0, 0.1) is 17.3 Å². The van der Waals surface area contributed by atoms with Gasteiger partial charge in [0.2, 0.25) is 5.91 Å². The highest BCUT2D eigenvalue weighted by molar-refractivity contribution is 5.74. The molecule has 1 aliphatic carbocycles. The highest BCUT2D eigenvalue weighted by Gasteiger charge is 2.49. The first-order valence-corrected chi connectivity index (χ1v) is 8.43. The number of hydrogen-bond donors (Lipinski definition) is 0. The number of hydrogen-bond acceptors (Lipinski definition) is 1. The van der Waals surface area contributed by atoms with Crippen molar-refractivity contribution >= 4 is 5.91 Å². The fourth-order valence-electron chi connectivity index (χ4n) is 3.38. The Bertz CT molecular complexity index is 330. The lowest BCUT2D eigenvalue weighted by molar-refractivity contribution is -0.137. The van der Waals surface area contributed by atoms with Crippen molar-refractivity contribution in [1.29, 1.82) is 0 Å². The van der Waals surface area contributed by atoms with Crippen molar-refractivity contribution in [1.82, 2.24) is 4.90 Å². The monoisotopic (exact) mass is 281 g/mol. The van der Waals surface area contributed by atoms with Crippen molar-refractivity contribution in [2.45, 2.75) is 86.1 Å². The van der Waals surface area contributed by atoms with Gasteiger partial charge in [0.25, 0.3) is 0 Å². The van der Waals surface area contributed by atoms with Crippen LogP contribution < -0.4 is 0 Å². The maximum Gasteiger partial charge on any atom is 0.219 e. The Labute approximate surface area is 126 Å².